The van der Waals surface area contributed by atoms with Crippen LogP contribution >= 0.6 is 0 Å². The molecule has 1 nitrogen and oxygen atoms in total. The van der Waals surface area contributed by atoms with Crippen molar-refractivity contribution in [2.75, 3.05) is 13.2 Å². The maximum atomic E-state index is 5.84. The third kappa shape index (κ3) is 20.7. The molecule has 0 rings (SSSR count). The van der Waals surface area contributed by atoms with E-state index in [1.54, 1.807) is 0 Å². The van der Waals surface area contributed by atoms with Crippen molar-refractivity contribution in [3.63, 3.8) is 0 Å². The Morgan fingerprint density at radius 3 is 1.39 bits per heavy atom. The van der Waals surface area contributed by atoms with Gasteiger partial charge in [-0.05, 0) is 48.3 Å². The van der Waals surface area contributed by atoms with E-state index in [1.165, 1.54) is 77.0 Å². The molecule has 0 aliphatic rings. The standard InChI is InChI=1S/C27H56O/c1-23(2)13-9-14-24(3)15-10-16-25(4)17-11-18-26(5)19-22-28-21-12-20-27(6,7)8/h23-26H,9-22H2,1-8H3. The first kappa shape index (κ1) is 28.0. The molecule has 0 bridgehead atoms. The molecule has 1 heteroatoms. The largest absolute Gasteiger partial charge is 0.381 e. The van der Waals surface area contributed by atoms with Crippen molar-refractivity contribution >= 4 is 0 Å². The molecule has 0 N–H and O–H groups in total. The van der Waals surface area contributed by atoms with Crippen LogP contribution in [0.1, 0.15) is 132 Å². The summed E-state index contributed by atoms with van der Waals surface area (Å²) < 4.78 is 5.84. The normalized spacial score (nSPS) is 15.8. The third-order valence-electron chi connectivity index (χ3n) is 6.24. The fourth-order valence-corrected chi connectivity index (χ4v) is 4.03. The first-order valence-electron chi connectivity index (χ1n) is 12.7. The van der Waals surface area contributed by atoms with Gasteiger partial charge in [0.05, 0.1) is 0 Å². The molecule has 0 aromatic heterocycles. The van der Waals surface area contributed by atoms with Gasteiger partial charge in [0.1, 0.15) is 0 Å². The fraction of sp³-hybridized carbons (Fsp3) is 1.00. The van der Waals surface area contributed by atoms with E-state index in [0.29, 0.717) is 5.41 Å². The third-order valence-corrected chi connectivity index (χ3v) is 6.24. The van der Waals surface area contributed by atoms with Crippen LogP contribution in [-0.4, -0.2) is 13.2 Å². The highest BCUT2D eigenvalue weighted by Gasteiger charge is 2.10. The molecule has 0 aromatic rings. The van der Waals surface area contributed by atoms with Gasteiger partial charge in [0.2, 0.25) is 0 Å². The summed E-state index contributed by atoms with van der Waals surface area (Å²) in [6.07, 6.45) is 16.4. The van der Waals surface area contributed by atoms with E-state index in [4.69, 9.17) is 4.74 Å². The highest BCUT2D eigenvalue weighted by molar-refractivity contribution is 4.62. The molecule has 0 spiro atoms. The summed E-state index contributed by atoms with van der Waals surface area (Å²) in [5.41, 5.74) is 0.444. The van der Waals surface area contributed by atoms with Crippen LogP contribution in [0.3, 0.4) is 0 Å². The summed E-state index contributed by atoms with van der Waals surface area (Å²) in [6, 6.07) is 0. The first-order valence-corrected chi connectivity index (χ1v) is 12.7. The number of ether oxygens (including phenoxy) is 1. The topological polar surface area (TPSA) is 9.23 Å². The fourth-order valence-electron chi connectivity index (χ4n) is 4.03. The highest BCUT2D eigenvalue weighted by Crippen LogP contribution is 2.23. The van der Waals surface area contributed by atoms with Gasteiger partial charge in [0, 0.05) is 13.2 Å². The van der Waals surface area contributed by atoms with Crippen LogP contribution in [0, 0.1) is 29.1 Å². The molecule has 0 saturated carbocycles. The van der Waals surface area contributed by atoms with Crippen LogP contribution in [0.2, 0.25) is 0 Å². The Kier molecular flexibility index (Phi) is 16.7. The van der Waals surface area contributed by atoms with Crippen LogP contribution in [0.5, 0.6) is 0 Å². The van der Waals surface area contributed by atoms with Crippen LogP contribution in [-0.2, 0) is 4.74 Å². The smallest absolute Gasteiger partial charge is 0.0468 e. The Morgan fingerprint density at radius 1 is 0.536 bits per heavy atom. The van der Waals surface area contributed by atoms with Gasteiger partial charge in [-0.1, -0.05) is 113 Å². The lowest BCUT2D eigenvalue weighted by atomic mass is 9.90. The van der Waals surface area contributed by atoms with E-state index < -0.39 is 0 Å². The molecule has 0 amide bonds. The zero-order valence-electron chi connectivity index (χ0n) is 21.1. The highest BCUT2D eigenvalue weighted by atomic mass is 16.5. The average Bonchev–Trinajstić information content (AvgIpc) is 2.56. The van der Waals surface area contributed by atoms with Crippen LogP contribution < -0.4 is 0 Å². The Hall–Kier alpha value is -0.0400. The molecule has 0 saturated heterocycles. The molecule has 170 valence electrons. The van der Waals surface area contributed by atoms with Gasteiger partial charge in [0.15, 0.2) is 0 Å². The zero-order valence-corrected chi connectivity index (χ0v) is 21.1. The number of hydrogen-bond donors (Lipinski definition) is 0. The van der Waals surface area contributed by atoms with Crippen molar-refractivity contribution < 1.29 is 4.74 Å². The van der Waals surface area contributed by atoms with E-state index in [-0.39, 0.29) is 0 Å². The lowest BCUT2D eigenvalue weighted by Gasteiger charge is -2.18. The maximum absolute atomic E-state index is 5.84. The zero-order chi connectivity index (χ0) is 21.4. The van der Waals surface area contributed by atoms with Gasteiger partial charge < -0.3 is 4.74 Å². The molecule has 0 fully saturated rings. The second-order valence-electron chi connectivity index (χ2n) is 11.6. The summed E-state index contributed by atoms with van der Waals surface area (Å²) in [5.74, 6) is 3.52. The van der Waals surface area contributed by atoms with Crippen molar-refractivity contribution in [3.05, 3.63) is 0 Å². The van der Waals surface area contributed by atoms with Gasteiger partial charge in [-0.3, -0.25) is 0 Å². The Labute approximate surface area is 179 Å². The molecule has 0 aliphatic carbocycles. The van der Waals surface area contributed by atoms with Gasteiger partial charge >= 0.3 is 0 Å². The van der Waals surface area contributed by atoms with Gasteiger partial charge in [0.25, 0.3) is 0 Å². The summed E-state index contributed by atoms with van der Waals surface area (Å²) in [6.45, 7) is 20.8. The maximum Gasteiger partial charge on any atom is 0.0468 e. The molecule has 0 aromatic carbocycles. The minimum atomic E-state index is 0.444. The van der Waals surface area contributed by atoms with E-state index >= 15 is 0 Å². The summed E-state index contributed by atoms with van der Waals surface area (Å²) in [4.78, 5) is 0. The second-order valence-corrected chi connectivity index (χ2v) is 11.6. The number of rotatable bonds is 18. The van der Waals surface area contributed by atoms with Crippen molar-refractivity contribution in [2.24, 2.45) is 29.1 Å². The lowest BCUT2D eigenvalue weighted by Crippen LogP contribution is -2.08. The molecule has 28 heavy (non-hydrogen) atoms. The first-order chi connectivity index (χ1) is 13.1. The van der Waals surface area contributed by atoms with Crippen molar-refractivity contribution in [2.45, 2.75) is 132 Å². The van der Waals surface area contributed by atoms with E-state index in [9.17, 15) is 0 Å². The summed E-state index contributed by atoms with van der Waals surface area (Å²) >= 11 is 0. The molecule has 0 radical (unpaired) electrons. The van der Waals surface area contributed by atoms with Crippen LogP contribution in [0.25, 0.3) is 0 Å². The van der Waals surface area contributed by atoms with Crippen molar-refractivity contribution in [3.8, 4) is 0 Å². The molecule has 0 heterocycles. The Balaban J connectivity index is 3.50. The number of hydrogen-bond acceptors (Lipinski definition) is 1. The Morgan fingerprint density at radius 2 is 0.964 bits per heavy atom. The van der Waals surface area contributed by atoms with Gasteiger partial charge in [-0.2, -0.15) is 0 Å². The minimum Gasteiger partial charge on any atom is -0.381 e. The lowest BCUT2D eigenvalue weighted by molar-refractivity contribution is 0.110. The predicted molar refractivity (Wildman–Crippen MR) is 128 cm³/mol. The summed E-state index contributed by atoms with van der Waals surface area (Å²) in [5, 5.41) is 0. The van der Waals surface area contributed by atoms with Gasteiger partial charge in [-0.25, -0.2) is 0 Å². The predicted octanol–water partition coefficient (Wildman–Crippen LogP) is 9.29. The van der Waals surface area contributed by atoms with E-state index in [0.717, 1.165) is 36.9 Å². The Bertz CT molecular complexity index is 328. The van der Waals surface area contributed by atoms with Crippen LogP contribution in [0.4, 0.5) is 0 Å². The van der Waals surface area contributed by atoms with E-state index in [1.807, 2.05) is 0 Å². The second kappa shape index (κ2) is 16.7. The van der Waals surface area contributed by atoms with Crippen molar-refractivity contribution in [1.29, 1.82) is 0 Å². The molecule has 3 unspecified atom stereocenters. The summed E-state index contributed by atoms with van der Waals surface area (Å²) in [7, 11) is 0. The van der Waals surface area contributed by atoms with Gasteiger partial charge in [-0.15, -0.1) is 0 Å². The SMILES string of the molecule is CC(C)CCCC(C)CCCC(C)CCCC(C)CCOCCCC(C)(C)C. The van der Waals surface area contributed by atoms with Crippen LogP contribution in [0.15, 0.2) is 0 Å². The monoisotopic (exact) mass is 396 g/mol. The molecule has 3 atom stereocenters. The molecular weight excluding hydrogens is 340 g/mol. The minimum absolute atomic E-state index is 0.444. The molecular formula is C27H56O. The quantitative estimate of drug-likeness (QED) is 0.210. The molecule has 0 aliphatic heterocycles. The van der Waals surface area contributed by atoms with Crippen molar-refractivity contribution in [1.82, 2.24) is 0 Å². The average molecular weight is 397 g/mol. The van der Waals surface area contributed by atoms with E-state index in [2.05, 4.69) is 55.4 Å².